The molecule has 1 aliphatic rings. The first-order valence-electron chi connectivity index (χ1n) is 8.47. The lowest BCUT2D eigenvalue weighted by Crippen LogP contribution is -2.44. The Balaban J connectivity index is 1.64. The summed E-state index contributed by atoms with van der Waals surface area (Å²) in [7, 11) is 0. The van der Waals surface area contributed by atoms with Crippen LogP contribution in [-0.2, 0) is 16.0 Å². The molecule has 5 nitrogen and oxygen atoms in total. The number of nitrogens with zero attached hydrogens (tertiary/aromatic N) is 1. The molecule has 1 aromatic rings. The number of nitrogens with one attached hydrogen (secondary N) is 2. The van der Waals surface area contributed by atoms with Crippen molar-refractivity contribution in [2.45, 2.75) is 26.2 Å². The van der Waals surface area contributed by atoms with Gasteiger partial charge in [0.1, 0.15) is 0 Å². The van der Waals surface area contributed by atoms with Gasteiger partial charge in [-0.3, -0.25) is 14.5 Å². The van der Waals surface area contributed by atoms with E-state index < -0.39 is 0 Å². The number of benzene rings is 1. The van der Waals surface area contributed by atoms with E-state index in [1.807, 2.05) is 13.0 Å². The molecule has 0 bridgehead atoms. The maximum Gasteiger partial charge on any atom is 0.239 e. The zero-order valence-corrected chi connectivity index (χ0v) is 13.9. The van der Waals surface area contributed by atoms with Crippen LogP contribution in [0.25, 0.3) is 0 Å². The van der Waals surface area contributed by atoms with E-state index in [0.29, 0.717) is 19.0 Å². The Morgan fingerprint density at radius 3 is 2.43 bits per heavy atom. The first kappa shape index (κ1) is 17.5. The lowest BCUT2D eigenvalue weighted by molar-refractivity contribution is -0.126. The van der Waals surface area contributed by atoms with E-state index in [0.717, 1.165) is 32.4 Å². The van der Waals surface area contributed by atoms with E-state index in [1.165, 1.54) is 5.56 Å². The van der Waals surface area contributed by atoms with Crippen LogP contribution in [0.2, 0.25) is 0 Å². The zero-order chi connectivity index (χ0) is 16.5. The molecule has 0 atom stereocenters. The summed E-state index contributed by atoms with van der Waals surface area (Å²) in [6.45, 7) is 4.80. The van der Waals surface area contributed by atoms with E-state index in [4.69, 9.17) is 0 Å². The van der Waals surface area contributed by atoms with E-state index in [9.17, 15) is 9.59 Å². The van der Waals surface area contributed by atoms with E-state index in [1.54, 1.807) is 0 Å². The Bertz CT molecular complexity index is 496. The molecule has 1 heterocycles. The highest BCUT2D eigenvalue weighted by atomic mass is 16.2. The Labute approximate surface area is 138 Å². The maximum atomic E-state index is 11.9. The minimum absolute atomic E-state index is 0.0666. The summed E-state index contributed by atoms with van der Waals surface area (Å²) in [5, 5.41) is 5.34. The van der Waals surface area contributed by atoms with Crippen LogP contribution in [0.3, 0.4) is 0 Å². The number of hydrogen-bond donors (Lipinski definition) is 2. The van der Waals surface area contributed by atoms with Gasteiger partial charge in [0.25, 0.3) is 0 Å². The van der Waals surface area contributed by atoms with Gasteiger partial charge in [-0.05, 0) is 50.8 Å². The molecule has 0 unspecified atom stereocenters. The molecule has 2 rings (SSSR count). The molecule has 0 aliphatic carbocycles. The molecule has 0 spiro atoms. The van der Waals surface area contributed by atoms with Gasteiger partial charge >= 0.3 is 0 Å². The fourth-order valence-corrected chi connectivity index (χ4v) is 2.99. The minimum atomic E-state index is -0.137. The molecule has 126 valence electrons. The van der Waals surface area contributed by atoms with Crippen molar-refractivity contribution in [2.75, 3.05) is 32.7 Å². The second-order valence-corrected chi connectivity index (χ2v) is 6.14. The summed E-state index contributed by atoms with van der Waals surface area (Å²) in [6.07, 6.45) is 3.37. The number of piperidine rings is 1. The smallest absolute Gasteiger partial charge is 0.239 e. The second-order valence-electron chi connectivity index (χ2n) is 6.14. The van der Waals surface area contributed by atoms with Gasteiger partial charge in [-0.15, -0.1) is 0 Å². The van der Waals surface area contributed by atoms with E-state index in [2.05, 4.69) is 39.8 Å². The molecular formula is C18H27N3O2. The fourth-order valence-electron chi connectivity index (χ4n) is 2.99. The van der Waals surface area contributed by atoms with E-state index in [-0.39, 0.29) is 18.4 Å². The third-order valence-corrected chi connectivity index (χ3v) is 4.26. The summed E-state index contributed by atoms with van der Waals surface area (Å²) < 4.78 is 0. The molecule has 1 saturated heterocycles. The van der Waals surface area contributed by atoms with Crippen LogP contribution in [0, 0.1) is 5.92 Å². The Kier molecular flexibility index (Phi) is 7.07. The van der Waals surface area contributed by atoms with Crippen LogP contribution >= 0.6 is 0 Å². The third-order valence-electron chi connectivity index (χ3n) is 4.26. The number of likely N-dealkylation sites (N-methyl/N-ethyl adjacent to an activating group) is 1. The molecule has 0 radical (unpaired) electrons. The van der Waals surface area contributed by atoms with Crippen LogP contribution < -0.4 is 10.6 Å². The standard InChI is InChI=1S/C18H27N3O2/c1-2-19-17(22)13-20-18(23)14-21-10-8-16(9-11-21)12-15-6-4-3-5-7-15/h3-7,16H,2,8-14H2,1H3,(H,19,22)(H,20,23). The van der Waals surface area contributed by atoms with Crippen molar-refractivity contribution in [1.82, 2.24) is 15.5 Å². The van der Waals surface area contributed by atoms with Gasteiger partial charge in [-0.2, -0.15) is 0 Å². The highest BCUT2D eigenvalue weighted by molar-refractivity contribution is 5.85. The Morgan fingerprint density at radius 1 is 1.09 bits per heavy atom. The van der Waals surface area contributed by atoms with Gasteiger partial charge in [-0.1, -0.05) is 30.3 Å². The molecule has 1 fully saturated rings. The fraction of sp³-hybridized carbons (Fsp3) is 0.556. The summed E-state index contributed by atoms with van der Waals surface area (Å²) >= 11 is 0. The predicted molar refractivity (Wildman–Crippen MR) is 91.0 cm³/mol. The van der Waals surface area contributed by atoms with Crippen molar-refractivity contribution in [1.29, 1.82) is 0 Å². The van der Waals surface area contributed by atoms with Crippen molar-refractivity contribution in [3.05, 3.63) is 35.9 Å². The van der Waals surface area contributed by atoms with Crippen LogP contribution in [0.4, 0.5) is 0 Å². The van der Waals surface area contributed by atoms with Crippen molar-refractivity contribution >= 4 is 11.8 Å². The number of rotatable bonds is 7. The summed E-state index contributed by atoms with van der Waals surface area (Å²) in [4.78, 5) is 25.4. The number of likely N-dealkylation sites (tertiary alicyclic amines) is 1. The van der Waals surface area contributed by atoms with Crippen molar-refractivity contribution in [3.63, 3.8) is 0 Å². The van der Waals surface area contributed by atoms with E-state index >= 15 is 0 Å². The number of amides is 2. The average molecular weight is 317 g/mol. The Morgan fingerprint density at radius 2 is 1.78 bits per heavy atom. The third kappa shape index (κ3) is 6.40. The Hall–Kier alpha value is -1.88. The highest BCUT2D eigenvalue weighted by Gasteiger charge is 2.21. The van der Waals surface area contributed by atoms with Gasteiger partial charge in [-0.25, -0.2) is 0 Å². The monoisotopic (exact) mass is 317 g/mol. The summed E-state index contributed by atoms with van der Waals surface area (Å²) in [5.74, 6) is 0.493. The minimum Gasteiger partial charge on any atom is -0.355 e. The van der Waals surface area contributed by atoms with Gasteiger partial charge < -0.3 is 10.6 Å². The molecular weight excluding hydrogens is 290 g/mol. The number of hydrogen-bond acceptors (Lipinski definition) is 3. The largest absolute Gasteiger partial charge is 0.355 e. The molecule has 1 aliphatic heterocycles. The van der Waals surface area contributed by atoms with Crippen LogP contribution in [-0.4, -0.2) is 49.4 Å². The van der Waals surface area contributed by atoms with Crippen molar-refractivity contribution in [2.24, 2.45) is 5.92 Å². The zero-order valence-electron chi connectivity index (χ0n) is 13.9. The highest BCUT2D eigenvalue weighted by Crippen LogP contribution is 2.21. The molecule has 5 heteroatoms. The van der Waals surface area contributed by atoms with Gasteiger partial charge in [0, 0.05) is 6.54 Å². The number of carbonyl (C=O) groups is 2. The van der Waals surface area contributed by atoms with Crippen molar-refractivity contribution < 1.29 is 9.59 Å². The number of carbonyl (C=O) groups excluding carboxylic acids is 2. The summed E-state index contributed by atoms with van der Waals surface area (Å²) in [5.41, 5.74) is 1.39. The summed E-state index contributed by atoms with van der Waals surface area (Å²) in [6, 6.07) is 10.6. The SMILES string of the molecule is CCNC(=O)CNC(=O)CN1CCC(Cc2ccccc2)CC1. The molecule has 2 N–H and O–H groups in total. The lowest BCUT2D eigenvalue weighted by atomic mass is 9.90. The van der Waals surface area contributed by atoms with Crippen LogP contribution in [0.1, 0.15) is 25.3 Å². The van der Waals surface area contributed by atoms with Gasteiger partial charge in [0.05, 0.1) is 13.1 Å². The van der Waals surface area contributed by atoms with Gasteiger partial charge in [0.2, 0.25) is 11.8 Å². The molecule has 2 amide bonds. The topological polar surface area (TPSA) is 61.4 Å². The van der Waals surface area contributed by atoms with Gasteiger partial charge in [0.15, 0.2) is 0 Å². The van der Waals surface area contributed by atoms with Crippen LogP contribution in [0.15, 0.2) is 30.3 Å². The van der Waals surface area contributed by atoms with Crippen molar-refractivity contribution in [3.8, 4) is 0 Å². The quantitative estimate of drug-likeness (QED) is 0.794. The first-order valence-corrected chi connectivity index (χ1v) is 8.47. The first-order chi connectivity index (χ1) is 11.2. The molecule has 0 aromatic heterocycles. The lowest BCUT2D eigenvalue weighted by Gasteiger charge is -2.31. The maximum absolute atomic E-state index is 11.9. The predicted octanol–water partition coefficient (Wildman–Crippen LogP) is 1.19. The van der Waals surface area contributed by atoms with Crippen LogP contribution in [0.5, 0.6) is 0 Å². The second kappa shape index (κ2) is 9.30. The molecule has 0 saturated carbocycles. The normalized spacial score (nSPS) is 16.0. The molecule has 1 aromatic carbocycles. The molecule has 23 heavy (non-hydrogen) atoms. The average Bonchev–Trinajstić information content (AvgIpc) is 2.56.